The van der Waals surface area contributed by atoms with Gasteiger partial charge in [-0.05, 0) is 43.4 Å². The average molecular weight is 459 g/mol. The van der Waals surface area contributed by atoms with Gasteiger partial charge in [0.25, 0.3) is 0 Å². The Kier molecular flexibility index (Phi) is 6.64. The molecule has 0 atom stereocenters. The van der Waals surface area contributed by atoms with Gasteiger partial charge in [-0.3, -0.25) is 4.79 Å². The van der Waals surface area contributed by atoms with Gasteiger partial charge in [-0.15, -0.1) is 0 Å². The van der Waals surface area contributed by atoms with E-state index in [-0.39, 0.29) is 23.4 Å². The Morgan fingerprint density at radius 1 is 1.10 bits per heavy atom. The van der Waals surface area contributed by atoms with Crippen molar-refractivity contribution in [1.29, 1.82) is 0 Å². The summed E-state index contributed by atoms with van der Waals surface area (Å²) >= 11 is 1.68. The Bertz CT molecular complexity index is 1150. The largest absolute Gasteiger partial charge is 0.341 e. The predicted molar refractivity (Wildman–Crippen MR) is 123 cm³/mol. The van der Waals surface area contributed by atoms with Crippen molar-refractivity contribution in [2.75, 3.05) is 19.3 Å². The molecule has 1 saturated heterocycles. The van der Waals surface area contributed by atoms with Crippen molar-refractivity contribution in [3.63, 3.8) is 0 Å². The first kappa shape index (κ1) is 21.9. The number of benzene rings is 2. The number of nitrogens with one attached hydrogen (secondary N) is 1. The van der Waals surface area contributed by atoms with E-state index in [9.17, 15) is 13.2 Å². The van der Waals surface area contributed by atoms with E-state index in [1.807, 2.05) is 40.0 Å². The average Bonchev–Trinajstić information content (AvgIpc) is 3.12. The molecule has 1 amide bonds. The first-order valence-corrected chi connectivity index (χ1v) is 13.1. The van der Waals surface area contributed by atoms with E-state index in [0.717, 1.165) is 22.6 Å². The molecule has 4 rings (SSSR count). The number of para-hydroxylation sites is 2. The Labute approximate surface area is 186 Å². The number of hydrogen-bond donors (Lipinski definition) is 1. The number of hydrogen-bond acceptors (Lipinski definition) is 5. The van der Waals surface area contributed by atoms with Gasteiger partial charge in [0.05, 0.1) is 21.7 Å². The Morgan fingerprint density at radius 3 is 2.48 bits per heavy atom. The van der Waals surface area contributed by atoms with Crippen LogP contribution >= 0.6 is 11.8 Å². The Balaban J connectivity index is 1.39. The Morgan fingerprint density at radius 2 is 1.77 bits per heavy atom. The standard InChI is InChI=1S/C22H26N4O3S2/c1-30-16-21-23-19-9-5-6-10-20(19)26(21)15-22(27)25-13-11-17(12-14-25)24-31(28,29)18-7-3-2-4-8-18/h2-10,17,24H,11-16H2,1H3. The lowest BCUT2D eigenvalue weighted by Crippen LogP contribution is -2.47. The van der Waals surface area contributed by atoms with Crippen LogP contribution in [-0.4, -0.2) is 54.2 Å². The molecule has 31 heavy (non-hydrogen) atoms. The molecule has 1 aromatic heterocycles. The number of rotatable bonds is 7. The van der Waals surface area contributed by atoms with Crippen molar-refractivity contribution in [3.05, 3.63) is 60.4 Å². The second-order valence-corrected chi connectivity index (χ2v) is 10.2. The van der Waals surface area contributed by atoms with Gasteiger partial charge in [0, 0.05) is 19.1 Å². The number of aromatic nitrogens is 2. The van der Waals surface area contributed by atoms with Crippen LogP contribution in [0.2, 0.25) is 0 Å². The summed E-state index contributed by atoms with van der Waals surface area (Å²) in [7, 11) is -3.54. The third-order valence-electron chi connectivity index (χ3n) is 5.52. The summed E-state index contributed by atoms with van der Waals surface area (Å²) in [4.78, 5) is 19.8. The zero-order valence-electron chi connectivity index (χ0n) is 17.4. The van der Waals surface area contributed by atoms with E-state index in [0.29, 0.717) is 25.9 Å². The highest BCUT2D eigenvalue weighted by Crippen LogP contribution is 2.20. The van der Waals surface area contributed by atoms with E-state index in [2.05, 4.69) is 9.71 Å². The van der Waals surface area contributed by atoms with Gasteiger partial charge in [-0.2, -0.15) is 11.8 Å². The molecule has 2 heterocycles. The third kappa shape index (κ3) is 4.94. The summed E-state index contributed by atoms with van der Waals surface area (Å²) in [6.45, 7) is 1.31. The number of thioether (sulfide) groups is 1. The van der Waals surface area contributed by atoms with Crippen molar-refractivity contribution in [3.8, 4) is 0 Å². The molecule has 0 spiro atoms. The molecule has 2 aromatic carbocycles. The molecule has 1 fully saturated rings. The lowest BCUT2D eigenvalue weighted by Gasteiger charge is -2.32. The highest BCUT2D eigenvalue weighted by molar-refractivity contribution is 7.97. The fourth-order valence-corrected chi connectivity index (χ4v) is 5.71. The molecule has 1 aliphatic rings. The lowest BCUT2D eigenvalue weighted by atomic mass is 10.1. The molecule has 7 nitrogen and oxygen atoms in total. The van der Waals surface area contributed by atoms with Gasteiger partial charge in [-0.1, -0.05) is 30.3 Å². The van der Waals surface area contributed by atoms with Crippen LogP contribution < -0.4 is 4.72 Å². The minimum Gasteiger partial charge on any atom is -0.341 e. The van der Waals surface area contributed by atoms with Crippen LogP contribution in [0.3, 0.4) is 0 Å². The smallest absolute Gasteiger partial charge is 0.242 e. The maximum atomic E-state index is 13.0. The lowest BCUT2D eigenvalue weighted by molar-refractivity contribution is -0.132. The number of sulfonamides is 1. The number of imidazole rings is 1. The molecule has 0 saturated carbocycles. The molecule has 0 aliphatic carbocycles. The van der Waals surface area contributed by atoms with Crippen molar-refractivity contribution in [2.24, 2.45) is 0 Å². The van der Waals surface area contributed by atoms with Gasteiger partial charge < -0.3 is 9.47 Å². The van der Waals surface area contributed by atoms with Gasteiger partial charge >= 0.3 is 0 Å². The van der Waals surface area contributed by atoms with Crippen LogP contribution in [0.25, 0.3) is 11.0 Å². The first-order valence-electron chi connectivity index (χ1n) is 10.3. The predicted octanol–water partition coefficient (Wildman–Crippen LogP) is 2.87. The van der Waals surface area contributed by atoms with Gasteiger partial charge in [0.2, 0.25) is 15.9 Å². The number of piperidine rings is 1. The minimum absolute atomic E-state index is 0.0369. The fourth-order valence-electron chi connectivity index (χ4n) is 3.91. The van der Waals surface area contributed by atoms with Gasteiger partial charge in [0.1, 0.15) is 12.4 Å². The summed E-state index contributed by atoms with van der Waals surface area (Å²) in [5.41, 5.74) is 1.86. The number of fused-ring (bicyclic) bond motifs is 1. The van der Waals surface area contributed by atoms with Gasteiger partial charge in [-0.25, -0.2) is 18.1 Å². The molecule has 1 N–H and O–H groups in total. The second-order valence-electron chi connectivity index (χ2n) is 7.63. The number of amides is 1. The van der Waals surface area contributed by atoms with Crippen LogP contribution in [0, 0.1) is 0 Å². The monoisotopic (exact) mass is 458 g/mol. The fraction of sp³-hybridized carbons (Fsp3) is 0.364. The molecule has 9 heteroatoms. The highest BCUT2D eigenvalue weighted by Gasteiger charge is 2.27. The highest BCUT2D eigenvalue weighted by atomic mass is 32.2. The van der Waals surface area contributed by atoms with E-state index < -0.39 is 10.0 Å². The molecule has 0 bridgehead atoms. The molecule has 164 valence electrons. The quantitative estimate of drug-likeness (QED) is 0.589. The number of carbonyl (C=O) groups is 1. The van der Waals surface area contributed by atoms with E-state index in [1.54, 1.807) is 42.1 Å². The van der Waals surface area contributed by atoms with Crippen molar-refractivity contribution in [2.45, 2.75) is 36.1 Å². The van der Waals surface area contributed by atoms with Crippen LogP contribution in [0.4, 0.5) is 0 Å². The molecule has 1 aliphatic heterocycles. The normalized spacial score (nSPS) is 15.5. The topological polar surface area (TPSA) is 84.3 Å². The summed E-state index contributed by atoms with van der Waals surface area (Å²) in [6, 6.07) is 16.1. The molecular formula is C22H26N4O3S2. The summed E-state index contributed by atoms with van der Waals surface area (Å²) in [5.74, 6) is 1.67. The van der Waals surface area contributed by atoms with Crippen LogP contribution in [0.5, 0.6) is 0 Å². The molecular weight excluding hydrogens is 432 g/mol. The molecule has 3 aromatic rings. The minimum atomic E-state index is -3.54. The third-order valence-corrected chi connectivity index (χ3v) is 7.61. The van der Waals surface area contributed by atoms with E-state index in [1.165, 1.54) is 0 Å². The van der Waals surface area contributed by atoms with Crippen LogP contribution in [0.1, 0.15) is 18.7 Å². The van der Waals surface area contributed by atoms with Crippen LogP contribution in [0.15, 0.2) is 59.5 Å². The van der Waals surface area contributed by atoms with Gasteiger partial charge in [0.15, 0.2) is 0 Å². The number of carbonyl (C=O) groups excluding carboxylic acids is 1. The summed E-state index contributed by atoms with van der Waals surface area (Å²) < 4.78 is 29.9. The maximum absolute atomic E-state index is 13.0. The second kappa shape index (κ2) is 9.42. The van der Waals surface area contributed by atoms with Crippen LogP contribution in [-0.2, 0) is 27.1 Å². The Hall–Kier alpha value is -2.36. The number of nitrogens with zero attached hydrogens (tertiary/aromatic N) is 3. The zero-order valence-corrected chi connectivity index (χ0v) is 19.0. The zero-order chi connectivity index (χ0) is 21.8. The van der Waals surface area contributed by atoms with Crippen molar-refractivity contribution >= 4 is 38.7 Å². The first-order chi connectivity index (χ1) is 15.0. The molecule has 0 radical (unpaired) electrons. The van der Waals surface area contributed by atoms with Crippen molar-refractivity contribution in [1.82, 2.24) is 19.2 Å². The summed E-state index contributed by atoms with van der Waals surface area (Å²) in [5, 5.41) is 0. The summed E-state index contributed by atoms with van der Waals surface area (Å²) in [6.07, 6.45) is 3.22. The SMILES string of the molecule is CSCc1nc2ccccc2n1CC(=O)N1CCC(NS(=O)(=O)c2ccccc2)CC1. The number of likely N-dealkylation sites (tertiary alicyclic amines) is 1. The molecule has 0 unspecified atom stereocenters. The van der Waals surface area contributed by atoms with E-state index in [4.69, 9.17) is 0 Å². The maximum Gasteiger partial charge on any atom is 0.242 e. The van der Waals surface area contributed by atoms with Crippen molar-refractivity contribution < 1.29 is 13.2 Å². The van der Waals surface area contributed by atoms with E-state index >= 15 is 0 Å².